The number of benzene rings is 1. The Bertz CT molecular complexity index is 508. The first-order valence-electron chi connectivity index (χ1n) is 4.75. The number of hydrogen-bond donors (Lipinski definition) is 2. The first-order valence-corrected chi connectivity index (χ1v) is 6.30. The summed E-state index contributed by atoms with van der Waals surface area (Å²) in [5.41, 5.74) is 0.515. The predicted molar refractivity (Wildman–Crippen MR) is 58.8 cm³/mol. The molecule has 5 nitrogen and oxygen atoms in total. The Hall–Kier alpha value is -1.40. The summed E-state index contributed by atoms with van der Waals surface area (Å²) >= 11 is 0. The topological polar surface area (TPSA) is 97.5 Å². The molecule has 0 spiro atoms. The van der Waals surface area contributed by atoms with E-state index in [1.807, 2.05) is 6.92 Å². The second-order valence-corrected chi connectivity index (χ2v) is 4.95. The van der Waals surface area contributed by atoms with E-state index >= 15 is 0 Å². The molecule has 6 heteroatoms. The molecule has 0 aliphatic heterocycles. The van der Waals surface area contributed by atoms with Gasteiger partial charge in [-0.05, 0) is 30.2 Å². The average molecular weight is 243 g/mol. The van der Waals surface area contributed by atoms with E-state index in [0.29, 0.717) is 18.4 Å². The number of aromatic carboxylic acids is 1. The minimum absolute atomic E-state index is 0.000602. The Kier molecular flexibility index (Phi) is 3.66. The first kappa shape index (κ1) is 12.7. The smallest absolute Gasteiger partial charge is 0.335 e. The molecule has 0 amide bonds. The van der Waals surface area contributed by atoms with Gasteiger partial charge in [0.1, 0.15) is 0 Å². The molecule has 0 atom stereocenters. The Balaban J connectivity index is 3.36. The van der Waals surface area contributed by atoms with Gasteiger partial charge in [-0.2, -0.15) is 0 Å². The quantitative estimate of drug-likeness (QED) is 0.823. The highest BCUT2D eigenvalue weighted by atomic mass is 32.2. The first-order chi connectivity index (χ1) is 7.36. The Morgan fingerprint density at radius 1 is 1.44 bits per heavy atom. The molecule has 0 saturated carbocycles. The van der Waals surface area contributed by atoms with Crippen LogP contribution < -0.4 is 5.14 Å². The lowest BCUT2D eigenvalue weighted by molar-refractivity contribution is 0.0696. The summed E-state index contributed by atoms with van der Waals surface area (Å²) in [4.78, 5) is 10.7. The van der Waals surface area contributed by atoms with Crippen LogP contribution in [0.3, 0.4) is 0 Å². The van der Waals surface area contributed by atoms with Crippen LogP contribution in [0.2, 0.25) is 0 Å². The fourth-order valence-corrected chi connectivity index (χ4v) is 2.24. The van der Waals surface area contributed by atoms with Crippen molar-refractivity contribution in [2.45, 2.75) is 24.7 Å². The zero-order chi connectivity index (χ0) is 12.3. The van der Waals surface area contributed by atoms with Crippen LogP contribution in [0.4, 0.5) is 0 Å². The van der Waals surface area contributed by atoms with Gasteiger partial charge in [-0.3, -0.25) is 0 Å². The van der Waals surface area contributed by atoms with E-state index in [2.05, 4.69) is 0 Å². The van der Waals surface area contributed by atoms with Gasteiger partial charge < -0.3 is 5.11 Å². The van der Waals surface area contributed by atoms with Crippen molar-refractivity contribution in [1.82, 2.24) is 0 Å². The van der Waals surface area contributed by atoms with Crippen LogP contribution in [-0.4, -0.2) is 19.5 Å². The van der Waals surface area contributed by atoms with Crippen LogP contribution in [0.25, 0.3) is 0 Å². The predicted octanol–water partition coefficient (Wildman–Crippen LogP) is 0.985. The lowest BCUT2D eigenvalue weighted by atomic mass is 10.1. The third-order valence-electron chi connectivity index (χ3n) is 2.13. The van der Waals surface area contributed by atoms with Crippen LogP contribution in [0.15, 0.2) is 23.1 Å². The number of carbonyl (C=O) groups is 1. The summed E-state index contributed by atoms with van der Waals surface area (Å²) in [6.45, 7) is 1.88. The van der Waals surface area contributed by atoms with Crippen molar-refractivity contribution < 1.29 is 18.3 Å². The molecule has 1 rings (SSSR count). The second kappa shape index (κ2) is 4.63. The average Bonchev–Trinajstić information content (AvgIpc) is 2.16. The molecule has 0 unspecified atom stereocenters. The Labute approximate surface area is 93.9 Å². The van der Waals surface area contributed by atoms with Gasteiger partial charge in [0.2, 0.25) is 10.0 Å². The van der Waals surface area contributed by atoms with E-state index < -0.39 is 16.0 Å². The third-order valence-corrected chi connectivity index (χ3v) is 3.14. The molecule has 16 heavy (non-hydrogen) atoms. The highest BCUT2D eigenvalue weighted by Crippen LogP contribution is 2.18. The van der Waals surface area contributed by atoms with Crippen LogP contribution in [0.5, 0.6) is 0 Å². The molecule has 0 radical (unpaired) electrons. The van der Waals surface area contributed by atoms with Crippen LogP contribution in [0, 0.1) is 0 Å². The van der Waals surface area contributed by atoms with Crippen LogP contribution in [-0.2, 0) is 16.4 Å². The van der Waals surface area contributed by atoms with Gasteiger partial charge in [-0.25, -0.2) is 18.4 Å². The summed E-state index contributed by atoms with van der Waals surface area (Å²) in [5, 5.41) is 13.8. The highest BCUT2D eigenvalue weighted by molar-refractivity contribution is 7.89. The summed E-state index contributed by atoms with van der Waals surface area (Å²) in [6, 6.07) is 3.83. The molecule has 0 saturated heterocycles. The number of sulfonamides is 1. The van der Waals surface area contributed by atoms with E-state index in [9.17, 15) is 13.2 Å². The number of rotatable bonds is 4. The lowest BCUT2D eigenvalue weighted by Crippen LogP contribution is -2.15. The van der Waals surface area contributed by atoms with E-state index in [0.717, 1.165) is 0 Å². The van der Waals surface area contributed by atoms with Gasteiger partial charge in [0.25, 0.3) is 0 Å². The third kappa shape index (κ3) is 2.80. The molecule has 0 fully saturated rings. The van der Waals surface area contributed by atoms with Gasteiger partial charge in [-0.15, -0.1) is 0 Å². The highest BCUT2D eigenvalue weighted by Gasteiger charge is 2.15. The molecule has 1 aromatic rings. The largest absolute Gasteiger partial charge is 0.478 e. The van der Waals surface area contributed by atoms with E-state index in [4.69, 9.17) is 10.2 Å². The number of primary sulfonamides is 1. The molecule has 1 aromatic carbocycles. The normalized spacial score (nSPS) is 11.4. The number of aryl methyl sites for hydroxylation is 1. The van der Waals surface area contributed by atoms with Crippen molar-refractivity contribution in [2.24, 2.45) is 5.14 Å². The molecule has 0 aliphatic rings. The van der Waals surface area contributed by atoms with E-state index in [1.54, 1.807) is 0 Å². The SMILES string of the molecule is CCCc1cc(C(=O)O)ccc1S(N)(=O)=O. The van der Waals surface area contributed by atoms with Crippen LogP contribution >= 0.6 is 0 Å². The maximum atomic E-state index is 11.2. The summed E-state index contributed by atoms with van der Waals surface area (Å²) in [7, 11) is -3.79. The van der Waals surface area contributed by atoms with Crippen molar-refractivity contribution in [2.75, 3.05) is 0 Å². The maximum Gasteiger partial charge on any atom is 0.335 e. The van der Waals surface area contributed by atoms with Crippen molar-refractivity contribution in [3.05, 3.63) is 29.3 Å². The molecular weight excluding hydrogens is 230 g/mol. The maximum absolute atomic E-state index is 11.2. The van der Waals surface area contributed by atoms with Crippen LogP contribution in [0.1, 0.15) is 29.3 Å². The number of nitrogens with two attached hydrogens (primary N) is 1. The molecule has 88 valence electrons. The molecule has 0 heterocycles. The molecule has 3 N–H and O–H groups in total. The van der Waals surface area contributed by atoms with Crippen molar-refractivity contribution in [3.8, 4) is 0 Å². The van der Waals surface area contributed by atoms with Gasteiger partial charge in [0.15, 0.2) is 0 Å². The molecular formula is C10H13NO4S. The molecule has 0 aliphatic carbocycles. The summed E-state index contributed by atoms with van der Waals surface area (Å²) in [5.74, 6) is -1.08. The lowest BCUT2D eigenvalue weighted by Gasteiger charge is -2.07. The zero-order valence-corrected chi connectivity index (χ0v) is 9.62. The molecule has 0 bridgehead atoms. The van der Waals surface area contributed by atoms with Crippen molar-refractivity contribution >= 4 is 16.0 Å². The summed E-state index contributed by atoms with van der Waals surface area (Å²) < 4.78 is 22.5. The number of carboxylic acids is 1. The standard InChI is InChI=1S/C10H13NO4S/c1-2-3-7-6-8(10(12)13)4-5-9(7)16(11,14)15/h4-6H,2-3H2,1H3,(H,12,13)(H2,11,14,15). The van der Waals surface area contributed by atoms with E-state index in [-0.39, 0.29) is 10.5 Å². The Morgan fingerprint density at radius 2 is 2.06 bits per heavy atom. The zero-order valence-electron chi connectivity index (χ0n) is 8.80. The number of hydrogen-bond acceptors (Lipinski definition) is 3. The second-order valence-electron chi connectivity index (χ2n) is 3.42. The van der Waals surface area contributed by atoms with Gasteiger partial charge >= 0.3 is 5.97 Å². The fraction of sp³-hybridized carbons (Fsp3) is 0.300. The van der Waals surface area contributed by atoms with Gasteiger partial charge in [-0.1, -0.05) is 13.3 Å². The summed E-state index contributed by atoms with van der Waals surface area (Å²) in [6.07, 6.45) is 1.19. The minimum atomic E-state index is -3.79. The van der Waals surface area contributed by atoms with Crippen molar-refractivity contribution in [3.63, 3.8) is 0 Å². The molecule has 0 aromatic heterocycles. The fourth-order valence-electron chi connectivity index (χ4n) is 1.45. The Morgan fingerprint density at radius 3 is 2.50 bits per heavy atom. The monoisotopic (exact) mass is 243 g/mol. The van der Waals surface area contributed by atoms with Gasteiger partial charge in [0, 0.05) is 0 Å². The minimum Gasteiger partial charge on any atom is -0.478 e. The van der Waals surface area contributed by atoms with Crippen molar-refractivity contribution in [1.29, 1.82) is 0 Å². The number of carboxylic acid groups (broad SMARTS) is 1. The van der Waals surface area contributed by atoms with E-state index in [1.165, 1.54) is 18.2 Å². The van der Waals surface area contributed by atoms with Gasteiger partial charge in [0.05, 0.1) is 10.5 Å².